The number of rotatable bonds is 6. The van der Waals surface area contributed by atoms with Crippen LogP contribution in [-0.4, -0.2) is 0 Å². The third kappa shape index (κ3) is 9.33. The molecule has 0 spiro atoms. The van der Waals surface area contributed by atoms with Gasteiger partial charge < -0.3 is 24.8 Å². The molecule has 0 aliphatic rings. The maximum Gasteiger partial charge on any atom is 4.00 e. The van der Waals surface area contributed by atoms with Gasteiger partial charge in [0.25, 0.3) is 0 Å². The molecule has 0 amide bonds. The number of thiophene rings is 2. The van der Waals surface area contributed by atoms with E-state index >= 15 is 0 Å². The molecule has 45 heavy (non-hydrogen) atoms. The summed E-state index contributed by atoms with van der Waals surface area (Å²) in [5, 5.41) is 5.54. The van der Waals surface area contributed by atoms with E-state index in [0.29, 0.717) is 0 Å². The fourth-order valence-corrected chi connectivity index (χ4v) is 8.08. The van der Waals surface area contributed by atoms with Crippen LogP contribution in [0.4, 0.5) is 0 Å². The molecule has 0 fully saturated rings. The molecule has 6 aromatic rings. The average molecular weight is 753 g/mol. The second kappa shape index (κ2) is 16.6. The minimum Gasteiger partial charge on any atom is -1.00 e. The summed E-state index contributed by atoms with van der Waals surface area (Å²) in [4.78, 5) is 5.78. The molecule has 2 heterocycles. The van der Waals surface area contributed by atoms with Gasteiger partial charge >= 0.3 is 26.2 Å². The summed E-state index contributed by atoms with van der Waals surface area (Å²) >= 11 is 3.88. The van der Waals surface area contributed by atoms with Crippen molar-refractivity contribution < 1.29 is 51.0 Å². The first-order valence-corrected chi connectivity index (χ1v) is 17.2. The minimum absolute atomic E-state index is 0. The van der Waals surface area contributed by atoms with Gasteiger partial charge in [-0.2, -0.15) is 22.7 Å². The van der Waals surface area contributed by atoms with Gasteiger partial charge in [0.05, 0.1) is 0 Å². The van der Waals surface area contributed by atoms with Crippen LogP contribution in [0.15, 0.2) is 84.9 Å². The van der Waals surface area contributed by atoms with E-state index in [4.69, 9.17) is 0 Å². The van der Waals surface area contributed by atoms with Crippen LogP contribution in [0.25, 0.3) is 42.4 Å². The van der Waals surface area contributed by atoms with Crippen molar-refractivity contribution >= 4 is 44.2 Å². The molecule has 5 heteroatoms. The van der Waals surface area contributed by atoms with Crippen LogP contribution in [-0.2, 0) is 49.9 Å². The summed E-state index contributed by atoms with van der Waals surface area (Å²) in [5.74, 6) is 0. The Balaban J connectivity index is 0.000000294. The first-order chi connectivity index (χ1) is 20.0. The smallest absolute Gasteiger partial charge is 1.00 e. The van der Waals surface area contributed by atoms with Crippen molar-refractivity contribution in [1.29, 1.82) is 0 Å². The number of halogens is 2. The molecule has 0 bridgehead atoms. The molecule has 2 aromatic heterocycles. The van der Waals surface area contributed by atoms with Gasteiger partial charge in [0.2, 0.25) is 0 Å². The van der Waals surface area contributed by atoms with Gasteiger partial charge in [0.1, 0.15) is 0 Å². The SMILES string of the molecule is CCCc1ccc(-c2cc3c(C(C)(C)C)cccc3[cH-]2)s1.CCCc1ccc(-c2cc3c(C(C)(C)C)cccc3[cH-]2)s1.[Cl-].[Cl-].[Zr+4]. The third-order valence-corrected chi connectivity index (χ3v) is 10.4. The first-order valence-electron chi connectivity index (χ1n) is 15.6. The van der Waals surface area contributed by atoms with Crippen LogP contribution in [0.1, 0.15) is 89.1 Å². The quantitative estimate of drug-likeness (QED) is 0.160. The second-order valence-electron chi connectivity index (χ2n) is 13.6. The van der Waals surface area contributed by atoms with E-state index < -0.39 is 0 Å². The van der Waals surface area contributed by atoms with E-state index in [-0.39, 0.29) is 61.8 Å². The maximum absolute atomic E-state index is 2.37. The Labute approximate surface area is 311 Å². The van der Waals surface area contributed by atoms with E-state index in [0.717, 1.165) is 0 Å². The van der Waals surface area contributed by atoms with Crippen molar-refractivity contribution in [3.05, 3.63) is 106 Å². The number of fused-ring (bicyclic) bond motifs is 2. The van der Waals surface area contributed by atoms with Gasteiger partial charge in [-0.15, -0.1) is 69.1 Å². The first kappa shape index (κ1) is 39.7. The molecule has 0 unspecified atom stereocenters. The number of aryl methyl sites for hydroxylation is 2. The molecule has 0 saturated carbocycles. The largest absolute Gasteiger partial charge is 4.00 e. The van der Waals surface area contributed by atoms with E-state index in [1.165, 1.54) is 89.0 Å². The predicted molar refractivity (Wildman–Crippen MR) is 191 cm³/mol. The summed E-state index contributed by atoms with van der Waals surface area (Å²) in [5.41, 5.74) is 6.00. The Bertz CT molecular complexity index is 1650. The second-order valence-corrected chi connectivity index (χ2v) is 16.0. The van der Waals surface area contributed by atoms with E-state index in [1.54, 1.807) is 0 Å². The van der Waals surface area contributed by atoms with E-state index in [1.807, 2.05) is 22.7 Å². The molecule has 6 rings (SSSR count). The predicted octanol–water partition coefficient (Wildman–Crippen LogP) is 7.08. The Morgan fingerprint density at radius 3 is 1.27 bits per heavy atom. The topological polar surface area (TPSA) is 0 Å². The van der Waals surface area contributed by atoms with Gasteiger partial charge in [-0.25, -0.2) is 0 Å². The van der Waals surface area contributed by atoms with Crippen molar-refractivity contribution in [2.24, 2.45) is 0 Å². The standard InChI is InChI=1S/2C20H23S.2ClH.Zr/c2*1-5-7-16-10-11-19(21-16)15-12-14-8-6-9-18(17(14)13-15)20(2,3)4;;;/h2*6,8-13H,5,7H2,1-4H3;2*1H;/q2*-1;;;+4/p-2. The number of benzene rings is 2. The molecular formula is C40H46Cl2S2Zr. The van der Waals surface area contributed by atoms with Crippen molar-refractivity contribution in [2.75, 3.05) is 0 Å². The summed E-state index contributed by atoms with van der Waals surface area (Å²) < 4.78 is 0. The van der Waals surface area contributed by atoms with Gasteiger partial charge in [-0.05, 0) is 43.2 Å². The van der Waals surface area contributed by atoms with Gasteiger partial charge in [0.15, 0.2) is 0 Å². The van der Waals surface area contributed by atoms with Gasteiger partial charge in [0, 0.05) is 0 Å². The van der Waals surface area contributed by atoms with Crippen molar-refractivity contribution in [3.63, 3.8) is 0 Å². The van der Waals surface area contributed by atoms with Crippen LogP contribution in [0.5, 0.6) is 0 Å². The third-order valence-electron chi connectivity index (χ3n) is 8.00. The van der Waals surface area contributed by atoms with Crippen LogP contribution in [0.3, 0.4) is 0 Å². The Kier molecular flexibility index (Phi) is 14.6. The molecule has 0 N–H and O–H groups in total. The van der Waals surface area contributed by atoms with Gasteiger partial charge in [-0.1, -0.05) is 128 Å². The summed E-state index contributed by atoms with van der Waals surface area (Å²) in [6, 6.07) is 31.9. The fraction of sp³-hybridized carbons (Fsp3) is 0.350. The van der Waals surface area contributed by atoms with Crippen molar-refractivity contribution in [1.82, 2.24) is 0 Å². The monoisotopic (exact) mass is 750 g/mol. The molecule has 4 aromatic carbocycles. The molecular weight excluding hydrogens is 707 g/mol. The normalized spacial score (nSPS) is 11.4. The van der Waals surface area contributed by atoms with Crippen LogP contribution < -0.4 is 24.8 Å². The maximum atomic E-state index is 2.37. The van der Waals surface area contributed by atoms with E-state index in [2.05, 4.69) is 140 Å². The van der Waals surface area contributed by atoms with Crippen molar-refractivity contribution in [2.45, 2.75) is 91.9 Å². The molecule has 0 saturated heterocycles. The average Bonchev–Trinajstić information content (AvgIpc) is 3.73. The summed E-state index contributed by atoms with van der Waals surface area (Å²) in [6.07, 6.45) is 4.82. The zero-order chi connectivity index (χ0) is 30.1. The van der Waals surface area contributed by atoms with Crippen LogP contribution >= 0.6 is 22.7 Å². The number of hydrogen-bond acceptors (Lipinski definition) is 2. The van der Waals surface area contributed by atoms with Crippen molar-refractivity contribution in [3.8, 4) is 20.9 Å². The Morgan fingerprint density at radius 2 is 0.933 bits per heavy atom. The molecule has 0 aliphatic carbocycles. The number of hydrogen-bond donors (Lipinski definition) is 0. The molecule has 0 nitrogen and oxygen atoms in total. The molecule has 0 atom stereocenters. The summed E-state index contributed by atoms with van der Waals surface area (Å²) in [7, 11) is 0. The zero-order valence-corrected chi connectivity index (χ0v) is 33.6. The van der Waals surface area contributed by atoms with Crippen LogP contribution in [0.2, 0.25) is 0 Å². The zero-order valence-electron chi connectivity index (χ0n) is 28.0. The molecule has 236 valence electrons. The molecule has 0 aliphatic heterocycles. The van der Waals surface area contributed by atoms with E-state index in [9.17, 15) is 0 Å². The Hall–Kier alpha value is -1.48. The van der Waals surface area contributed by atoms with Gasteiger partial charge in [-0.3, -0.25) is 0 Å². The fourth-order valence-electron chi connectivity index (χ4n) is 5.89. The minimum atomic E-state index is 0. The molecule has 0 radical (unpaired) electrons. The summed E-state index contributed by atoms with van der Waals surface area (Å²) in [6.45, 7) is 18.2. The Morgan fingerprint density at radius 1 is 0.556 bits per heavy atom. The van der Waals surface area contributed by atoms with Crippen LogP contribution in [0, 0.1) is 0 Å².